The van der Waals surface area contributed by atoms with Gasteiger partial charge in [-0.1, -0.05) is 309 Å². The molecule has 0 bridgehead atoms. The zero-order valence-electron chi connectivity index (χ0n) is 63.7. The summed E-state index contributed by atoms with van der Waals surface area (Å²) in [6.07, 6.45) is 98.1. The Morgan fingerprint density at radius 2 is 0.495 bits per heavy atom. The molecule has 542 valence electrons. The number of aryl methyl sites for hydroxylation is 2. The number of hydrogen-bond acceptors (Lipinski definition) is 0. The minimum Gasteiger partial charge on any atom is -0.0654 e. The van der Waals surface area contributed by atoms with Gasteiger partial charge in [0, 0.05) is 22.8 Å². The summed E-state index contributed by atoms with van der Waals surface area (Å²) in [5.74, 6) is 0. The van der Waals surface area contributed by atoms with Gasteiger partial charge in [0.15, 0.2) is 0 Å². The normalized spacial score (nSPS) is 12.4. The quantitative estimate of drug-likeness (QED) is 0.0358. The van der Waals surface area contributed by atoms with Crippen molar-refractivity contribution in [2.75, 3.05) is 0 Å². The summed E-state index contributed by atoms with van der Waals surface area (Å²) in [5.41, 5.74) is 19.5. The summed E-state index contributed by atoms with van der Waals surface area (Å²) >= 11 is 2.05. The average Bonchev–Trinajstić information content (AvgIpc) is 1.65. The molecule has 0 unspecified atom stereocenters. The molecule has 2 nitrogen and oxygen atoms in total. The molecular weight excluding hydrogens is 1170 g/mol. The Morgan fingerprint density at radius 3 is 0.774 bits per heavy atom. The van der Waals surface area contributed by atoms with E-state index in [1.54, 1.807) is 0 Å². The van der Waals surface area contributed by atoms with E-state index in [1.165, 1.54) is 443 Å². The Balaban J connectivity index is 0.000000726. The Bertz CT molecular complexity index is 1890. The molecule has 0 amide bonds. The van der Waals surface area contributed by atoms with Crippen LogP contribution in [0.4, 0.5) is 0 Å². The molecule has 1 aliphatic rings. The first-order valence-corrected chi connectivity index (χ1v) is 44.1. The SMILES string of the molecule is CCCCCCCCC1=C(c2cccc(CCCC)c2)[N+](=[N-])C(c2cccc(CCCC)c2)=C1.CCCCCCCCCCCCCCCCCCCCCCCCCCCC[CH2][Ni][CH2]CCCCCCCCCCCCCCCCCCCCCCCCCCCC. The number of benzene rings is 2. The van der Waals surface area contributed by atoms with E-state index in [0.29, 0.717) is 0 Å². The van der Waals surface area contributed by atoms with E-state index < -0.39 is 0 Å². The second-order valence-corrected chi connectivity index (χ2v) is 31.2. The van der Waals surface area contributed by atoms with Crippen LogP contribution in [0.5, 0.6) is 0 Å². The summed E-state index contributed by atoms with van der Waals surface area (Å²) in [5, 5.41) is 2.87. The van der Waals surface area contributed by atoms with Gasteiger partial charge in [0.1, 0.15) is 0 Å². The third-order valence-electron chi connectivity index (χ3n) is 20.6. The molecule has 0 radical (unpaired) electrons. The van der Waals surface area contributed by atoms with Crippen LogP contribution in [0, 0.1) is 0 Å². The third-order valence-corrected chi connectivity index (χ3v) is 22.0. The Labute approximate surface area is 590 Å². The molecule has 3 heteroatoms. The van der Waals surface area contributed by atoms with Gasteiger partial charge in [-0.2, -0.15) is 0 Å². The smallest absolute Gasteiger partial charge is 0.0654 e. The molecular formula is C90H162N2Ni. The first-order valence-electron chi connectivity index (χ1n) is 42.7. The minimum atomic E-state index is 0.910. The fourth-order valence-corrected chi connectivity index (χ4v) is 15.5. The summed E-state index contributed by atoms with van der Waals surface area (Å²) in [7, 11) is 0. The van der Waals surface area contributed by atoms with E-state index in [1.807, 2.05) is 0 Å². The van der Waals surface area contributed by atoms with Crippen molar-refractivity contribution in [3.8, 4) is 0 Å². The van der Waals surface area contributed by atoms with Gasteiger partial charge in [0.05, 0.1) is 0 Å². The predicted molar refractivity (Wildman–Crippen MR) is 417 cm³/mol. The molecule has 93 heavy (non-hydrogen) atoms. The zero-order valence-corrected chi connectivity index (χ0v) is 64.7. The fraction of sp³-hybridized carbons (Fsp3) is 0.822. The van der Waals surface area contributed by atoms with Crippen molar-refractivity contribution in [1.82, 2.24) is 0 Å². The van der Waals surface area contributed by atoms with E-state index >= 15 is 0 Å². The van der Waals surface area contributed by atoms with Crippen LogP contribution in [0.25, 0.3) is 16.9 Å². The van der Waals surface area contributed by atoms with E-state index in [0.717, 1.165) is 41.8 Å². The van der Waals surface area contributed by atoms with E-state index in [4.69, 9.17) is 0 Å². The first-order chi connectivity index (χ1) is 46.1. The van der Waals surface area contributed by atoms with Gasteiger partial charge in [0.2, 0.25) is 11.4 Å². The Hall–Kier alpha value is -1.99. The number of nitrogens with zero attached hydrogens (tertiary/aromatic N) is 2. The van der Waals surface area contributed by atoms with Crippen LogP contribution in [0.15, 0.2) is 60.2 Å². The molecule has 0 saturated heterocycles. The Morgan fingerprint density at radius 1 is 0.258 bits per heavy atom. The van der Waals surface area contributed by atoms with Crippen molar-refractivity contribution in [3.05, 3.63) is 88.0 Å². The standard InChI is InChI=1S/C32H44N2.2C29H59.Ni/c1-4-7-10-11-12-13-20-30-25-31(28-21-14-18-26(23-28)16-8-5-2)34(33)32(30)29-22-15-19-27(24-29)17-9-6-3;2*1-3-5-7-9-11-13-15-17-19-21-23-25-27-29-28-26-24-22-20-18-16-14-12-10-8-6-4-2;/h14-15,18-19,21-25H,4-13,16-17,20H2,1-3H3;2*1,3-29H2,2H3;. The van der Waals surface area contributed by atoms with Crippen molar-refractivity contribution in [3.63, 3.8) is 0 Å². The Kier molecular flexibility index (Phi) is 65.5. The first kappa shape index (κ1) is 87.1. The molecule has 0 aliphatic carbocycles. The van der Waals surface area contributed by atoms with Crippen molar-refractivity contribution < 1.29 is 19.1 Å². The molecule has 1 aliphatic heterocycles. The second kappa shape index (κ2) is 69.9. The van der Waals surface area contributed by atoms with Crippen molar-refractivity contribution in [1.29, 1.82) is 0 Å². The molecule has 0 N–H and O–H groups in total. The average molecular weight is 1330 g/mol. The summed E-state index contributed by atoms with van der Waals surface area (Å²) in [4.78, 5) is 0. The van der Waals surface area contributed by atoms with Crippen molar-refractivity contribution in [2.45, 2.75) is 476 Å². The summed E-state index contributed by atoms with van der Waals surface area (Å²) in [6.45, 7) is 11.4. The van der Waals surface area contributed by atoms with Gasteiger partial charge in [-0.15, -0.1) is 0 Å². The van der Waals surface area contributed by atoms with Gasteiger partial charge in [-0.3, -0.25) is 0 Å². The van der Waals surface area contributed by atoms with Crippen molar-refractivity contribution in [2.24, 2.45) is 0 Å². The molecule has 1 heterocycles. The fourth-order valence-electron chi connectivity index (χ4n) is 14.3. The molecule has 0 spiro atoms. The van der Waals surface area contributed by atoms with Gasteiger partial charge >= 0.3 is 166 Å². The molecule has 0 atom stereocenters. The second-order valence-electron chi connectivity index (χ2n) is 29.7. The van der Waals surface area contributed by atoms with Gasteiger partial charge in [-0.05, 0) is 73.9 Å². The predicted octanol–water partition coefficient (Wildman–Crippen LogP) is 32.9. The van der Waals surface area contributed by atoms with Gasteiger partial charge < -0.3 is 5.53 Å². The molecule has 2 aromatic rings. The maximum absolute atomic E-state index is 11.4. The van der Waals surface area contributed by atoms with Crippen molar-refractivity contribution >= 4 is 11.4 Å². The van der Waals surface area contributed by atoms with Crippen LogP contribution in [0.3, 0.4) is 0 Å². The minimum absolute atomic E-state index is 0.910. The number of hydrogen-bond donors (Lipinski definition) is 0. The zero-order chi connectivity index (χ0) is 66.5. The third kappa shape index (κ3) is 53.6. The topological polar surface area (TPSA) is 25.3 Å². The number of allylic oxidation sites excluding steroid dienone is 2. The maximum atomic E-state index is 11.4. The molecule has 0 aromatic heterocycles. The van der Waals surface area contributed by atoms with E-state index in [-0.39, 0.29) is 0 Å². The number of rotatable bonds is 71. The van der Waals surface area contributed by atoms with E-state index in [9.17, 15) is 5.53 Å². The number of unbranched alkanes of at least 4 members (excludes halogenated alkanes) is 59. The van der Waals surface area contributed by atoms with Crippen LogP contribution < -0.4 is 0 Å². The van der Waals surface area contributed by atoms with Gasteiger partial charge in [-0.25, -0.2) is 4.70 Å². The molecule has 2 aromatic carbocycles. The van der Waals surface area contributed by atoms with Crippen LogP contribution in [-0.2, 0) is 27.3 Å². The van der Waals surface area contributed by atoms with Crippen LogP contribution in [0.1, 0.15) is 474 Å². The molecule has 3 rings (SSSR count). The van der Waals surface area contributed by atoms with Crippen LogP contribution in [-0.4, -0.2) is 4.70 Å². The summed E-state index contributed by atoms with van der Waals surface area (Å²) < 4.78 is 1.46. The van der Waals surface area contributed by atoms with Gasteiger partial charge in [0.25, 0.3) is 0 Å². The molecule has 0 fully saturated rings. The monoisotopic (exact) mass is 1330 g/mol. The van der Waals surface area contributed by atoms with Crippen LogP contribution >= 0.6 is 0 Å². The molecule has 0 saturated carbocycles. The van der Waals surface area contributed by atoms with E-state index in [2.05, 4.69) is 104 Å². The summed E-state index contributed by atoms with van der Waals surface area (Å²) in [6, 6.07) is 17.5. The van der Waals surface area contributed by atoms with Crippen LogP contribution in [0.2, 0.25) is 10.8 Å².